The van der Waals surface area contributed by atoms with Gasteiger partial charge < -0.3 is 10.2 Å². The Morgan fingerprint density at radius 3 is 2.81 bits per heavy atom. The third-order valence-corrected chi connectivity index (χ3v) is 3.65. The van der Waals surface area contributed by atoms with E-state index in [2.05, 4.69) is 11.9 Å². The van der Waals surface area contributed by atoms with Gasteiger partial charge in [0.2, 0.25) is 0 Å². The largest absolute Gasteiger partial charge is 0.445 e. The number of nitrogens with zero attached hydrogens (tertiary/aromatic N) is 1. The highest BCUT2D eigenvalue weighted by Gasteiger charge is 2.33. The molecule has 0 bridgehead atoms. The number of rotatable bonds is 4. The monoisotopic (exact) mass is 222 g/mol. The minimum atomic E-state index is 0.180. The van der Waals surface area contributed by atoms with Crippen LogP contribution in [0.25, 0.3) is 0 Å². The maximum atomic E-state index is 5.86. The summed E-state index contributed by atoms with van der Waals surface area (Å²) < 4.78 is 5.86. The predicted octanol–water partition coefficient (Wildman–Crippen LogP) is 2.79. The van der Waals surface area contributed by atoms with Gasteiger partial charge in [-0.2, -0.15) is 0 Å². The van der Waals surface area contributed by atoms with Crippen LogP contribution in [-0.4, -0.2) is 11.5 Å². The van der Waals surface area contributed by atoms with Crippen molar-refractivity contribution in [3.05, 3.63) is 17.8 Å². The topological polar surface area (TPSA) is 52.0 Å². The molecule has 1 aliphatic carbocycles. The smallest absolute Gasteiger partial charge is 0.200 e. The zero-order valence-electron chi connectivity index (χ0n) is 10.2. The molecule has 3 heteroatoms. The second kappa shape index (κ2) is 5.00. The number of aryl methyl sites for hydroxylation is 1. The fraction of sp³-hybridized carbons (Fsp3) is 0.769. The highest BCUT2D eigenvalue weighted by molar-refractivity contribution is 5.07. The molecule has 16 heavy (non-hydrogen) atoms. The average molecular weight is 222 g/mol. The van der Waals surface area contributed by atoms with Crippen LogP contribution in [0.4, 0.5) is 0 Å². The molecule has 1 aromatic rings. The Balaban J connectivity index is 2.05. The third-order valence-electron chi connectivity index (χ3n) is 3.65. The zero-order chi connectivity index (χ0) is 11.4. The second-order valence-corrected chi connectivity index (χ2v) is 5.15. The lowest BCUT2D eigenvalue weighted by Crippen LogP contribution is -2.25. The molecule has 2 N–H and O–H groups in total. The van der Waals surface area contributed by atoms with E-state index in [1.54, 1.807) is 0 Å². The van der Waals surface area contributed by atoms with Gasteiger partial charge in [0.25, 0.3) is 0 Å². The first-order chi connectivity index (χ1) is 7.74. The molecule has 1 heterocycles. The molecule has 0 spiro atoms. The summed E-state index contributed by atoms with van der Waals surface area (Å²) in [5.74, 6) is 1.94. The quantitative estimate of drug-likeness (QED) is 0.852. The summed E-state index contributed by atoms with van der Waals surface area (Å²) in [7, 11) is 0. The fourth-order valence-electron chi connectivity index (χ4n) is 2.52. The van der Waals surface area contributed by atoms with E-state index in [0.717, 1.165) is 24.5 Å². The van der Waals surface area contributed by atoms with Crippen molar-refractivity contribution in [2.45, 2.75) is 57.3 Å². The van der Waals surface area contributed by atoms with Crippen LogP contribution in [0.2, 0.25) is 0 Å². The van der Waals surface area contributed by atoms with Crippen molar-refractivity contribution in [1.29, 1.82) is 0 Å². The molecule has 2 rings (SSSR count). The van der Waals surface area contributed by atoms with Crippen molar-refractivity contribution in [3.8, 4) is 0 Å². The molecule has 0 saturated heterocycles. The molecule has 90 valence electrons. The van der Waals surface area contributed by atoms with E-state index in [-0.39, 0.29) is 5.41 Å². The summed E-state index contributed by atoms with van der Waals surface area (Å²) in [4.78, 5) is 4.46. The van der Waals surface area contributed by atoms with E-state index >= 15 is 0 Å². The minimum absolute atomic E-state index is 0.180. The van der Waals surface area contributed by atoms with E-state index in [0.29, 0.717) is 6.54 Å². The number of hydrogen-bond donors (Lipinski definition) is 1. The van der Waals surface area contributed by atoms with E-state index in [1.165, 1.54) is 32.1 Å². The van der Waals surface area contributed by atoms with Crippen molar-refractivity contribution in [3.63, 3.8) is 0 Å². The Bertz CT molecular complexity index is 326. The van der Waals surface area contributed by atoms with Crippen molar-refractivity contribution in [2.24, 2.45) is 5.73 Å². The lowest BCUT2D eigenvalue weighted by atomic mass is 9.76. The molecule has 0 radical (unpaired) electrons. The number of aromatic nitrogens is 1. The van der Waals surface area contributed by atoms with Crippen LogP contribution in [0.1, 0.15) is 57.1 Å². The molecule has 0 unspecified atom stereocenters. The van der Waals surface area contributed by atoms with Gasteiger partial charge in [0.15, 0.2) is 5.89 Å². The van der Waals surface area contributed by atoms with Gasteiger partial charge in [0.1, 0.15) is 5.76 Å². The first kappa shape index (κ1) is 11.6. The third kappa shape index (κ3) is 2.46. The van der Waals surface area contributed by atoms with E-state index in [1.807, 2.05) is 6.20 Å². The van der Waals surface area contributed by atoms with Crippen LogP contribution in [-0.2, 0) is 11.8 Å². The van der Waals surface area contributed by atoms with Gasteiger partial charge >= 0.3 is 0 Å². The molecular weight excluding hydrogens is 200 g/mol. The van der Waals surface area contributed by atoms with Crippen molar-refractivity contribution < 1.29 is 4.42 Å². The molecule has 3 nitrogen and oxygen atoms in total. The first-order valence-corrected chi connectivity index (χ1v) is 6.40. The van der Waals surface area contributed by atoms with Crippen LogP contribution >= 0.6 is 0 Å². The van der Waals surface area contributed by atoms with Gasteiger partial charge in [-0.3, -0.25) is 0 Å². The lowest BCUT2D eigenvalue weighted by molar-refractivity contribution is 0.251. The summed E-state index contributed by atoms with van der Waals surface area (Å²) in [5.41, 5.74) is 5.67. The van der Waals surface area contributed by atoms with E-state index in [9.17, 15) is 0 Å². The Labute approximate surface area is 97.4 Å². The van der Waals surface area contributed by atoms with E-state index < -0.39 is 0 Å². The Morgan fingerprint density at radius 2 is 2.12 bits per heavy atom. The standard InChI is InChI=1S/C13H22N2O/c1-13(7-3-2-4-8-13)12-15-10-11(16-12)6-5-9-14/h10H,2-9,14H2,1H3. The van der Waals surface area contributed by atoms with Crippen LogP contribution in [0.3, 0.4) is 0 Å². The molecular formula is C13H22N2O. The molecule has 1 aliphatic rings. The van der Waals surface area contributed by atoms with Gasteiger partial charge in [-0.1, -0.05) is 26.2 Å². The molecule has 1 aromatic heterocycles. The van der Waals surface area contributed by atoms with Gasteiger partial charge in [-0.05, 0) is 25.8 Å². The zero-order valence-corrected chi connectivity index (χ0v) is 10.2. The molecule has 1 saturated carbocycles. The van der Waals surface area contributed by atoms with Crippen LogP contribution in [0, 0.1) is 0 Å². The summed E-state index contributed by atoms with van der Waals surface area (Å²) >= 11 is 0. The highest BCUT2D eigenvalue weighted by Crippen LogP contribution is 2.38. The van der Waals surface area contributed by atoms with Gasteiger partial charge in [0.05, 0.1) is 6.20 Å². The molecule has 1 fully saturated rings. The lowest BCUT2D eigenvalue weighted by Gasteiger charge is -2.30. The molecule has 0 amide bonds. The Hall–Kier alpha value is -0.830. The van der Waals surface area contributed by atoms with Crippen molar-refractivity contribution in [2.75, 3.05) is 6.54 Å². The number of hydrogen-bond acceptors (Lipinski definition) is 3. The normalized spacial score (nSPS) is 19.9. The Morgan fingerprint density at radius 1 is 1.38 bits per heavy atom. The highest BCUT2D eigenvalue weighted by atomic mass is 16.4. The summed E-state index contributed by atoms with van der Waals surface area (Å²) in [6, 6.07) is 0. The first-order valence-electron chi connectivity index (χ1n) is 6.40. The fourth-order valence-corrected chi connectivity index (χ4v) is 2.52. The second-order valence-electron chi connectivity index (χ2n) is 5.15. The molecule has 0 atom stereocenters. The predicted molar refractivity (Wildman–Crippen MR) is 64.3 cm³/mol. The van der Waals surface area contributed by atoms with Crippen molar-refractivity contribution >= 4 is 0 Å². The Kier molecular flexibility index (Phi) is 3.64. The SMILES string of the molecule is CC1(c2ncc(CCCN)o2)CCCCC1. The van der Waals surface area contributed by atoms with Crippen LogP contribution in [0.15, 0.2) is 10.6 Å². The van der Waals surface area contributed by atoms with Gasteiger partial charge in [-0.15, -0.1) is 0 Å². The molecule has 0 aromatic carbocycles. The maximum Gasteiger partial charge on any atom is 0.200 e. The maximum absolute atomic E-state index is 5.86. The van der Waals surface area contributed by atoms with Gasteiger partial charge in [-0.25, -0.2) is 4.98 Å². The summed E-state index contributed by atoms with van der Waals surface area (Å²) in [5, 5.41) is 0. The van der Waals surface area contributed by atoms with Gasteiger partial charge in [0, 0.05) is 11.8 Å². The van der Waals surface area contributed by atoms with E-state index in [4.69, 9.17) is 10.2 Å². The van der Waals surface area contributed by atoms with Crippen molar-refractivity contribution in [1.82, 2.24) is 4.98 Å². The minimum Gasteiger partial charge on any atom is -0.445 e. The van der Waals surface area contributed by atoms with Crippen LogP contribution in [0.5, 0.6) is 0 Å². The number of oxazole rings is 1. The molecule has 0 aliphatic heterocycles. The average Bonchev–Trinajstić information content (AvgIpc) is 2.77. The van der Waals surface area contributed by atoms with Crippen LogP contribution < -0.4 is 5.73 Å². The summed E-state index contributed by atoms with van der Waals surface area (Å²) in [6.45, 7) is 3.00. The summed E-state index contributed by atoms with van der Waals surface area (Å²) in [6.07, 6.45) is 10.2. The number of nitrogens with two attached hydrogens (primary N) is 1.